The minimum absolute atomic E-state index is 0.109. The molecule has 3 aliphatic rings. The van der Waals surface area contributed by atoms with Crippen molar-refractivity contribution in [2.75, 3.05) is 38.0 Å². The zero-order valence-corrected chi connectivity index (χ0v) is 16.7. The third-order valence-electron chi connectivity index (χ3n) is 5.87. The van der Waals surface area contributed by atoms with E-state index in [1.807, 2.05) is 42.5 Å². The van der Waals surface area contributed by atoms with E-state index in [9.17, 15) is 4.79 Å². The molecule has 6 heteroatoms. The maximum Gasteiger partial charge on any atom is 0.227 e. The number of nitrogens with one attached hydrogen (secondary N) is 1. The Morgan fingerprint density at radius 1 is 1.10 bits per heavy atom. The van der Waals surface area contributed by atoms with E-state index in [0.29, 0.717) is 0 Å². The first-order valence-electron chi connectivity index (χ1n) is 10.5. The van der Waals surface area contributed by atoms with Crippen molar-refractivity contribution in [3.05, 3.63) is 48.0 Å². The van der Waals surface area contributed by atoms with Gasteiger partial charge in [-0.2, -0.15) is 0 Å². The molecule has 2 aliphatic heterocycles. The molecule has 29 heavy (non-hydrogen) atoms. The molecule has 2 fully saturated rings. The van der Waals surface area contributed by atoms with E-state index in [4.69, 9.17) is 9.73 Å². The summed E-state index contributed by atoms with van der Waals surface area (Å²) in [6, 6.07) is 13.7. The lowest BCUT2D eigenvalue weighted by Gasteiger charge is -2.36. The standard InChI is InChI=1S/C23H26N4O2/c1-2-26-11-13-27(14-12-26)22-18-15-17(24-23(28)16-7-8-16)9-10-20(18)29-21-6-4-3-5-19(21)25-22/h3-6,9-10,15-16H,2,7-8,11-14H2,1H3,(H,24,28). The number of para-hydroxylation sites is 2. The van der Waals surface area contributed by atoms with Gasteiger partial charge in [0, 0.05) is 37.8 Å². The first-order valence-corrected chi connectivity index (χ1v) is 10.5. The van der Waals surface area contributed by atoms with Gasteiger partial charge < -0.3 is 19.9 Å². The summed E-state index contributed by atoms with van der Waals surface area (Å²) in [6.07, 6.45) is 1.98. The maximum absolute atomic E-state index is 12.3. The van der Waals surface area contributed by atoms with Crippen molar-refractivity contribution in [2.45, 2.75) is 19.8 Å². The Bertz CT molecular complexity index is 959. The number of likely N-dealkylation sites (N-methyl/N-ethyl adjacent to an activating group) is 1. The highest BCUT2D eigenvalue weighted by Crippen LogP contribution is 2.39. The van der Waals surface area contributed by atoms with Crippen LogP contribution in [-0.4, -0.2) is 54.3 Å². The van der Waals surface area contributed by atoms with E-state index in [2.05, 4.69) is 22.0 Å². The third-order valence-corrected chi connectivity index (χ3v) is 5.87. The molecule has 1 saturated heterocycles. The first kappa shape index (κ1) is 18.2. The monoisotopic (exact) mass is 390 g/mol. The number of anilines is 1. The summed E-state index contributed by atoms with van der Waals surface area (Å²) in [5.41, 5.74) is 2.56. The molecule has 0 atom stereocenters. The van der Waals surface area contributed by atoms with Crippen LogP contribution in [0, 0.1) is 5.92 Å². The lowest BCUT2D eigenvalue weighted by molar-refractivity contribution is -0.117. The van der Waals surface area contributed by atoms with Gasteiger partial charge in [0.05, 0.1) is 5.56 Å². The number of hydrogen-bond acceptors (Lipinski definition) is 5. The van der Waals surface area contributed by atoms with Crippen LogP contribution in [0.2, 0.25) is 0 Å². The summed E-state index contributed by atoms with van der Waals surface area (Å²) in [7, 11) is 0. The molecule has 5 rings (SSSR count). The van der Waals surface area contributed by atoms with E-state index in [1.165, 1.54) is 0 Å². The van der Waals surface area contributed by atoms with Crippen molar-refractivity contribution >= 4 is 23.1 Å². The second-order valence-electron chi connectivity index (χ2n) is 7.90. The maximum atomic E-state index is 12.3. The Morgan fingerprint density at radius 3 is 2.66 bits per heavy atom. The van der Waals surface area contributed by atoms with Gasteiger partial charge in [-0.25, -0.2) is 4.99 Å². The van der Waals surface area contributed by atoms with Crippen LogP contribution in [0.5, 0.6) is 11.5 Å². The van der Waals surface area contributed by atoms with Crippen LogP contribution in [0.25, 0.3) is 0 Å². The van der Waals surface area contributed by atoms with Crippen molar-refractivity contribution in [3.63, 3.8) is 0 Å². The lowest BCUT2D eigenvalue weighted by atomic mass is 10.1. The fourth-order valence-corrected chi connectivity index (χ4v) is 3.91. The van der Waals surface area contributed by atoms with E-state index >= 15 is 0 Å². The molecule has 1 aliphatic carbocycles. The highest BCUT2D eigenvalue weighted by molar-refractivity contribution is 6.05. The normalized spacial score (nSPS) is 18.8. The number of piperazine rings is 1. The number of rotatable bonds is 3. The largest absolute Gasteiger partial charge is 0.454 e. The van der Waals surface area contributed by atoms with Gasteiger partial charge in [-0.05, 0) is 49.7 Å². The van der Waals surface area contributed by atoms with Gasteiger partial charge in [-0.1, -0.05) is 19.1 Å². The van der Waals surface area contributed by atoms with Crippen LogP contribution < -0.4 is 10.1 Å². The van der Waals surface area contributed by atoms with E-state index in [-0.39, 0.29) is 11.8 Å². The highest BCUT2D eigenvalue weighted by atomic mass is 16.5. The third kappa shape index (κ3) is 3.72. The van der Waals surface area contributed by atoms with Crippen molar-refractivity contribution in [3.8, 4) is 11.5 Å². The van der Waals surface area contributed by atoms with Crippen LogP contribution in [0.3, 0.4) is 0 Å². The van der Waals surface area contributed by atoms with Crippen LogP contribution >= 0.6 is 0 Å². The summed E-state index contributed by atoms with van der Waals surface area (Å²) in [5.74, 6) is 2.73. The number of fused-ring (bicyclic) bond motifs is 2. The van der Waals surface area contributed by atoms with Gasteiger partial charge in [0.25, 0.3) is 0 Å². The Balaban J connectivity index is 1.52. The van der Waals surface area contributed by atoms with Gasteiger partial charge >= 0.3 is 0 Å². The first-order chi connectivity index (χ1) is 14.2. The molecule has 0 bridgehead atoms. The number of nitrogens with zero attached hydrogens (tertiary/aromatic N) is 3. The summed E-state index contributed by atoms with van der Waals surface area (Å²) in [5, 5.41) is 3.06. The van der Waals surface area contributed by atoms with Crippen LogP contribution in [0.1, 0.15) is 25.3 Å². The van der Waals surface area contributed by atoms with E-state index in [1.54, 1.807) is 0 Å². The van der Waals surface area contributed by atoms with E-state index < -0.39 is 0 Å². The fraction of sp³-hybridized carbons (Fsp3) is 0.391. The number of amides is 1. The predicted molar refractivity (Wildman–Crippen MR) is 114 cm³/mol. The molecule has 1 amide bonds. The second kappa shape index (κ2) is 7.52. The second-order valence-corrected chi connectivity index (χ2v) is 7.90. The number of benzene rings is 2. The fourth-order valence-electron chi connectivity index (χ4n) is 3.91. The molecule has 0 spiro atoms. The molecule has 0 aromatic heterocycles. The number of amidine groups is 1. The van der Waals surface area contributed by atoms with Crippen LogP contribution in [-0.2, 0) is 4.79 Å². The molecular formula is C23H26N4O2. The lowest BCUT2D eigenvalue weighted by Crippen LogP contribution is -2.48. The Morgan fingerprint density at radius 2 is 1.90 bits per heavy atom. The number of carbonyl (C=O) groups is 1. The quantitative estimate of drug-likeness (QED) is 0.865. The molecule has 150 valence electrons. The topological polar surface area (TPSA) is 57.2 Å². The summed E-state index contributed by atoms with van der Waals surface area (Å²) in [4.78, 5) is 22.0. The molecule has 2 aromatic rings. The highest BCUT2D eigenvalue weighted by Gasteiger charge is 2.30. The average molecular weight is 390 g/mol. The van der Waals surface area contributed by atoms with Gasteiger partial charge in [-0.3, -0.25) is 4.79 Å². The molecule has 2 heterocycles. The van der Waals surface area contributed by atoms with Gasteiger partial charge in [0.15, 0.2) is 5.75 Å². The van der Waals surface area contributed by atoms with Gasteiger partial charge in [0.1, 0.15) is 17.3 Å². The number of hydrogen-bond donors (Lipinski definition) is 1. The zero-order valence-electron chi connectivity index (χ0n) is 16.7. The minimum Gasteiger partial charge on any atom is -0.454 e. The number of ether oxygens (including phenoxy) is 1. The molecule has 2 aromatic carbocycles. The molecule has 6 nitrogen and oxygen atoms in total. The van der Waals surface area contributed by atoms with Crippen LogP contribution in [0.15, 0.2) is 47.5 Å². The molecule has 0 unspecified atom stereocenters. The molecule has 1 N–H and O–H groups in total. The summed E-state index contributed by atoms with van der Waals surface area (Å²) < 4.78 is 6.22. The van der Waals surface area contributed by atoms with E-state index in [0.717, 1.165) is 79.8 Å². The average Bonchev–Trinajstić information content (AvgIpc) is 3.60. The minimum atomic E-state index is 0.109. The predicted octanol–water partition coefficient (Wildman–Crippen LogP) is 3.86. The molecule has 0 radical (unpaired) electrons. The zero-order chi connectivity index (χ0) is 19.8. The van der Waals surface area contributed by atoms with Gasteiger partial charge in [-0.15, -0.1) is 0 Å². The molecule has 1 saturated carbocycles. The Hall–Kier alpha value is -2.86. The number of carbonyl (C=O) groups excluding carboxylic acids is 1. The van der Waals surface area contributed by atoms with Gasteiger partial charge in [0.2, 0.25) is 5.91 Å². The van der Waals surface area contributed by atoms with Crippen molar-refractivity contribution in [2.24, 2.45) is 10.9 Å². The van der Waals surface area contributed by atoms with Crippen molar-refractivity contribution in [1.29, 1.82) is 0 Å². The Kier molecular flexibility index (Phi) is 4.72. The Labute approximate surface area is 171 Å². The SMILES string of the molecule is CCN1CCN(C2=Nc3ccccc3Oc3ccc(NC(=O)C4CC4)cc32)CC1. The summed E-state index contributed by atoms with van der Waals surface area (Å²) >= 11 is 0. The smallest absolute Gasteiger partial charge is 0.227 e. The summed E-state index contributed by atoms with van der Waals surface area (Å²) in [6.45, 7) is 7.16. The van der Waals surface area contributed by atoms with Crippen LogP contribution in [0.4, 0.5) is 11.4 Å². The van der Waals surface area contributed by atoms with Crippen molar-refractivity contribution in [1.82, 2.24) is 9.80 Å². The van der Waals surface area contributed by atoms with Crippen molar-refractivity contribution < 1.29 is 9.53 Å². The number of aliphatic imine (C=N–C) groups is 1. The molecular weight excluding hydrogens is 364 g/mol.